The summed E-state index contributed by atoms with van der Waals surface area (Å²) in [5, 5.41) is 1.36. The molecule has 0 unspecified atom stereocenters. The first-order valence-electron chi connectivity index (χ1n) is 5.07. The predicted octanol–water partition coefficient (Wildman–Crippen LogP) is 2.72. The number of sulfone groups is 1. The van der Waals surface area contributed by atoms with Crippen LogP contribution in [0.4, 0.5) is 5.69 Å². The maximum atomic E-state index is 11.1. The molecule has 0 aliphatic carbocycles. The molecule has 3 nitrogen and oxygen atoms in total. The van der Waals surface area contributed by atoms with Gasteiger partial charge < -0.3 is 4.90 Å². The van der Waals surface area contributed by atoms with Gasteiger partial charge in [0.15, 0.2) is 0 Å². The molecule has 0 atom stereocenters. The average molecular weight is 341 g/mol. The number of hydrogen-bond acceptors (Lipinski definition) is 3. The van der Waals surface area contributed by atoms with Crippen molar-refractivity contribution in [2.75, 3.05) is 30.5 Å². The lowest BCUT2D eigenvalue weighted by Gasteiger charge is -2.21. The second-order valence-electron chi connectivity index (χ2n) is 3.96. The van der Waals surface area contributed by atoms with Crippen molar-refractivity contribution in [2.45, 2.75) is 5.33 Å². The minimum Gasteiger partial charge on any atom is -0.373 e. The zero-order valence-electron chi connectivity index (χ0n) is 9.78. The van der Waals surface area contributed by atoms with Gasteiger partial charge in [0, 0.05) is 35.9 Å². The van der Waals surface area contributed by atoms with Crippen molar-refractivity contribution in [1.29, 1.82) is 0 Å². The molecule has 1 aromatic rings. The van der Waals surface area contributed by atoms with E-state index in [1.807, 2.05) is 30.1 Å². The van der Waals surface area contributed by atoms with Crippen LogP contribution in [0.1, 0.15) is 5.56 Å². The van der Waals surface area contributed by atoms with E-state index < -0.39 is 9.84 Å². The fraction of sp³-hybridized carbons (Fsp3) is 0.455. The van der Waals surface area contributed by atoms with Crippen LogP contribution in [-0.2, 0) is 15.2 Å². The van der Waals surface area contributed by atoms with Crippen LogP contribution in [0.2, 0.25) is 5.02 Å². The molecular weight excluding hydrogens is 326 g/mol. The Labute approximate surface area is 116 Å². The van der Waals surface area contributed by atoms with E-state index in [4.69, 9.17) is 11.6 Å². The summed E-state index contributed by atoms with van der Waals surface area (Å²) in [6.45, 7) is 0.458. The Morgan fingerprint density at radius 3 is 2.59 bits per heavy atom. The highest BCUT2D eigenvalue weighted by Gasteiger charge is 2.10. The van der Waals surface area contributed by atoms with Crippen LogP contribution in [0.25, 0.3) is 0 Å². The third kappa shape index (κ3) is 4.85. The lowest BCUT2D eigenvalue weighted by Crippen LogP contribution is -2.25. The zero-order chi connectivity index (χ0) is 13.1. The molecule has 6 heteroatoms. The third-order valence-electron chi connectivity index (χ3n) is 2.40. The second-order valence-corrected chi connectivity index (χ2v) is 7.22. The van der Waals surface area contributed by atoms with Crippen molar-refractivity contribution in [3.63, 3.8) is 0 Å². The Balaban J connectivity index is 2.87. The van der Waals surface area contributed by atoms with Gasteiger partial charge in [-0.05, 0) is 17.7 Å². The van der Waals surface area contributed by atoms with Gasteiger partial charge >= 0.3 is 0 Å². The molecule has 0 fully saturated rings. The first-order valence-corrected chi connectivity index (χ1v) is 8.63. The van der Waals surface area contributed by atoms with E-state index in [2.05, 4.69) is 15.9 Å². The van der Waals surface area contributed by atoms with E-state index in [1.165, 1.54) is 6.26 Å². The Morgan fingerprint density at radius 1 is 1.41 bits per heavy atom. The molecule has 0 aliphatic heterocycles. The summed E-state index contributed by atoms with van der Waals surface area (Å²) >= 11 is 9.35. The summed E-state index contributed by atoms with van der Waals surface area (Å²) in [7, 11) is -1.08. The molecular formula is C11H15BrClNO2S. The van der Waals surface area contributed by atoms with Crippen LogP contribution < -0.4 is 4.90 Å². The number of rotatable bonds is 5. The van der Waals surface area contributed by atoms with Gasteiger partial charge in [0.25, 0.3) is 0 Å². The van der Waals surface area contributed by atoms with Gasteiger partial charge in [-0.2, -0.15) is 0 Å². The summed E-state index contributed by atoms with van der Waals surface area (Å²) in [6.07, 6.45) is 1.24. The predicted molar refractivity (Wildman–Crippen MR) is 77.1 cm³/mol. The summed E-state index contributed by atoms with van der Waals surface area (Å²) in [6, 6.07) is 5.61. The van der Waals surface area contributed by atoms with Crippen LogP contribution in [0.3, 0.4) is 0 Å². The van der Waals surface area contributed by atoms with Crippen LogP contribution in [0.5, 0.6) is 0 Å². The topological polar surface area (TPSA) is 37.4 Å². The van der Waals surface area contributed by atoms with E-state index in [9.17, 15) is 8.42 Å². The third-order valence-corrected chi connectivity index (χ3v) is 4.16. The monoisotopic (exact) mass is 339 g/mol. The molecule has 1 rings (SSSR count). The largest absolute Gasteiger partial charge is 0.373 e. The van der Waals surface area contributed by atoms with Gasteiger partial charge in [0.05, 0.1) is 5.75 Å². The van der Waals surface area contributed by atoms with Crippen LogP contribution in [0, 0.1) is 0 Å². The SMILES string of the molecule is CN(CCS(C)(=O)=O)c1cc(Cl)ccc1CBr. The van der Waals surface area contributed by atoms with E-state index in [1.54, 1.807) is 0 Å². The number of hydrogen-bond donors (Lipinski definition) is 0. The van der Waals surface area contributed by atoms with Gasteiger partial charge in [-0.15, -0.1) is 0 Å². The molecule has 0 bridgehead atoms. The minimum atomic E-state index is -2.94. The Bertz CT molecular complexity index is 490. The molecule has 0 N–H and O–H groups in total. The summed E-state index contributed by atoms with van der Waals surface area (Å²) in [5.41, 5.74) is 2.04. The molecule has 0 heterocycles. The standard InChI is InChI=1S/C11H15BrClNO2S/c1-14(5-6-17(2,15)16)11-7-10(13)4-3-9(11)8-12/h3-4,7H,5-6,8H2,1-2H3. The van der Waals surface area contributed by atoms with E-state index in [-0.39, 0.29) is 5.75 Å². The number of halogens is 2. The van der Waals surface area contributed by atoms with Crippen LogP contribution in [-0.4, -0.2) is 34.0 Å². The first kappa shape index (κ1) is 14.8. The molecule has 0 radical (unpaired) electrons. The van der Waals surface area contributed by atoms with Crippen LogP contribution in [0.15, 0.2) is 18.2 Å². The number of anilines is 1. The molecule has 0 saturated heterocycles. The molecule has 0 spiro atoms. The molecule has 17 heavy (non-hydrogen) atoms. The van der Waals surface area contributed by atoms with Gasteiger partial charge in [0.2, 0.25) is 0 Å². The molecule has 0 aromatic heterocycles. The molecule has 0 aliphatic rings. The molecule has 1 aromatic carbocycles. The maximum Gasteiger partial charge on any atom is 0.149 e. The van der Waals surface area contributed by atoms with E-state index in [0.717, 1.165) is 11.3 Å². The van der Waals surface area contributed by atoms with Gasteiger partial charge in [-0.3, -0.25) is 0 Å². The Hall–Kier alpha value is -0.260. The highest BCUT2D eigenvalue weighted by Crippen LogP contribution is 2.25. The summed E-state index contributed by atoms with van der Waals surface area (Å²) < 4.78 is 22.3. The zero-order valence-corrected chi connectivity index (χ0v) is 12.9. The van der Waals surface area contributed by atoms with E-state index in [0.29, 0.717) is 16.9 Å². The normalized spacial score (nSPS) is 11.5. The average Bonchev–Trinajstić information content (AvgIpc) is 2.25. The molecule has 96 valence electrons. The van der Waals surface area contributed by atoms with Crippen molar-refractivity contribution >= 4 is 43.1 Å². The van der Waals surface area contributed by atoms with Gasteiger partial charge in [-0.1, -0.05) is 33.6 Å². The lowest BCUT2D eigenvalue weighted by molar-refractivity contribution is 0.601. The van der Waals surface area contributed by atoms with Gasteiger partial charge in [0.1, 0.15) is 9.84 Å². The molecule has 0 amide bonds. The number of nitrogens with zero attached hydrogens (tertiary/aromatic N) is 1. The van der Waals surface area contributed by atoms with Crippen molar-refractivity contribution < 1.29 is 8.42 Å². The Morgan fingerprint density at radius 2 is 2.06 bits per heavy atom. The summed E-state index contributed by atoms with van der Waals surface area (Å²) in [5.74, 6) is 0.137. The fourth-order valence-electron chi connectivity index (χ4n) is 1.43. The fourth-order valence-corrected chi connectivity index (χ4v) is 2.67. The van der Waals surface area contributed by atoms with Crippen molar-refractivity contribution in [3.05, 3.63) is 28.8 Å². The maximum absolute atomic E-state index is 11.1. The minimum absolute atomic E-state index is 0.137. The smallest absolute Gasteiger partial charge is 0.149 e. The van der Waals surface area contributed by atoms with Crippen molar-refractivity contribution in [1.82, 2.24) is 0 Å². The number of benzene rings is 1. The number of alkyl halides is 1. The lowest BCUT2D eigenvalue weighted by atomic mass is 10.2. The Kier molecular flexibility index (Phi) is 5.28. The van der Waals surface area contributed by atoms with Crippen molar-refractivity contribution in [2.24, 2.45) is 0 Å². The first-order chi connectivity index (χ1) is 7.83. The quantitative estimate of drug-likeness (QED) is 0.774. The van der Waals surface area contributed by atoms with Crippen LogP contribution >= 0.6 is 27.5 Å². The highest BCUT2D eigenvalue weighted by molar-refractivity contribution is 9.08. The van der Waals surface area contributed by atoms with Crippen molar-refractivity contribution in [3.8, 4) is 0 Å². The summed E-state index contributed by atoms with van der Waals surface area (Å²) in [4.78, 5) is 1.91. The highest BCUT2D eigenvalue weighted by atomic mass is 79.9. The van der Waals surface area contributed by atoms with E-state index >= 15 is 0 Å². The second kappa shape index (κ2) is 6.07. The van der Waals surface area contributed by atoms with Gasteiger partial charge in [-0.25, -0.2) is 8.42 Å². The molecule has 0 saturated carbocycles.